The van der Waals surface area contributed by atoms with Gasteiger partial charge in [0.25, 0.3) is 0 Å². The summed E-state index contributed by atoms with van der Waals surface area (Å²) < 4.78 is 2.73. The predicted octanol–water partition coefficient (Wildman–Crippen LogP) is 3.66. The molecule has 1 aromatic carbocycles. The summed E-state index contributed by atoms with van der Waals surface area (Å²) in [5.74, 6) is 0.634. The van der Waals surface area contributed by atoms with E-state index >= 15 is 0 Å². The Hall–Kier alpha value is -1.88. The van der Waals surface area contributed by atoms with Crippen molar-refractivity contribution in [3.63, 3.8) is 0 Å². The molecule has 0 aliphatic heterocycles. The lowest BCUT2D eigenvalue weighted by Gasteiger charge is -2.11. The highest BCUT2D eigenvalue weighted by atomic mass is 79.9. The summed E-state index contributed by atoms with van der Waals surface area (Å²) in [6.07, 6.45) is 1.89. The van der Waals surface area contributed by atoms with Crippen molar-refractivity contribution >= 4 is 27.5 Å². The number of hydrogen-bond donors (Lipinski definition) is 1. The molecule has 2 aromatic heterocycles. The molecule has 19 heavy (non-hydrogen) atoms. The highest BCUT2D eigenvalue weighted by Crippen LogP contribution is 2.18. The first kappa shape index (κ1) is 12.2. The number of rotatable bonds is 3. The topological polar surface area (TPSA) is 42.2 Å². The lowest BCUT2D eigenvalue weighted by atomic mass is 10.1. The first-order chi connectivity index (χ1) is 9.22. The monoisotopic (exact) mass is 316 g/mol. The maximum atomic E-state index is 4.44. The first-order valence-electron chi connectivity index (χ1n) is 6.06. The molecule has 0 radical (unpaired) electrons. The lowest BCUT2D eigenvalue weighted by molar-refractivity contribution is 0.852. The molecule has 0 spiro atoms. The Balaban J connectivity index is 1.85. The second-order valence-electron chi connectivity index (χ2n) is 4.36. The average molecular weight is 317 g/mol. The standard InChI is InChI=1S/C14H13BrN4/c1-10(11-5-3-2-4-6-11)16-14-17-13-8-7-12(15)9-19(13)18-14/h2-10H,1H3,(H,16,18). The summed E-state index contributed by atoms with van der Waals surface area (Å²) in [6.45, 7) is 2.09. The number of nitrogens with one attached hydrogen (secondary N) is 1. The van der Waals surface area contributed by atoms with E-state index in [1.807, 2.05) is 36.5 Å². The fourth-order valence-electron chi connectivity index (χ4n) is 1.94. The van der Waals surface area contributed by atoms with Crippen LogP contribution in [0, 0.1) is 0 Å². The van der Waals surface area contributed by atoms with Gasteiger partial charge in [-0.1, -0.05) is 30.3 Å². The Morgan fingerprint density at radius 3 is 2.74 bits per heavy atom. The summed E-state index contributed by atoms with van der Waals surface area (Å²) in [5.41, 5.74) is 2.04. The van der Waals surface area contributed by atoms with Crippen LogP contribution in [-0.4, -0.2) is 14.6 Å². The molecule has 0 bridgehead atoms. The summed E-state index contributed by atoms with van der Waals surface area (Å²) in [7, 11) is 0. The van der Waals surface area contributed by atoms with Crippen LogP contribution >= 0.6 is 15.9 Å². The zero-order valence-electron chi connectivity index (χ0n) is 10.4. The highest BCUT2D eigenvalue weighted by molar-refractivity contribution is 9.10. The van der Waals surface area contributed by atoms with Gasteiger partial charge in [0.2, 0.25) is 5.95 Å². The van der Waals surface area contributed by atoms with Crippen molar-refractivity contribution in [3.8, 4) is 0 Å². The number of benzene rings is 1. The fraction of sp³-hybridized carbons (Fsp3) is 0.143. The molecule has 0 saturated carbocycles. The van der Waals surface area contributed by atoms with Crippen LogP contribution in [0.15, 0.2) is 53.1 Å². The minimum Gasteiger partial charge on any atom is -0.346 e. The molecule has 0 amide bonds. The smallest absolute Gasteiger partial charge is 0.243 e. The van der Waals surface area contributed by atoms with Gasteiger partial charge < -0.3 is 5.32 Å². The van der Waals surface area contributed by atoms with Crippen LogP contribution in [0.2, 0.25) is 0 Å². The fourth-order valence-corrected chi connectivity index (χ4v) is 2.26. The molecule has 2 heterocycles. The molecular weight excluding hydrogens is 304 g/mol. The maximum Gasteiger partial charge on any atom is 0.243 e. The van der Waals surface area contributed by atoms with E-state index in [1.54, 1.807) is 4.52 Å². The molecule has 5 heteroatoms. The zero-order chi connectivity index (χ0) is 13.2. The molecule has 96 valence electrons. The van der Waals surface area contributed by atoms with Crippen LogP contribution in [0.4, 0.5) is 5.95 Å². The number of aromatic nitrogens is 3. The summed E-state index contributed by atoms with van der Waals surface area (Å²) >= 11 is 3.42. The van der Waals surface area contributed by atoms with E-state index in [4.69, 9.17) is 0 Å². The van der Waals surface area contributed by atoms with E-state index < -0.39 is 0 Å². The second kappa shape index (κ2) is 5.01. The first-order valence-corrected chi connectivity index (χ1v) is 6.85. The van der Waals surface area contributed by atoms with Gasteiger partial charge in [-0.05, 0) is 40.5 Å². The number of anilines is 1. The van der Waals surface area contributed by atoms with Crippen molar-refractivity contribution in [1.82, 2.24) is 14.6 Å². The number of fused-ring (bicyclic) bond motifs is 1. The van der Waals surface area contributed by atoms with Gasteiger partial charge >= 0.3 is 0 Å². The Bertz CT molecular complexity index is 693. The molecule has 1 atom stereocenters. The van der Waals surface area contributed by atoms with Crippen LogP contribution < -0.4 is 5.32 Å². The van der Waals surface area contributed by atoms with Gasteiger partial charge in [-0.25, -0.2) is 4.52 Å². The van der Waals surface area contributed by atoms with Crippen LogP contribution in [0.3, 0.4) is 0 Å². The van der Waals surface area contributed by atoms with Crippen molar-refractivity contribution < 1.29 is 0 Å². The quantitative estimate of drug-likeness (QED) is 0.801. The summed E-state index contributed by atoms with van der Waals surface area (Å²) in [6, 6.07) is 14.3. The van der Waals surface area contributed by atoms with Crippen LogP contribution in [0.5, 0.6) is 0 Å². The molecular formula is C14H13BrN4. The van der Waals surface area contributed by atoms with Crippen molar-refractivity contribution in [2.24, 2.45) is 0 Å². The molecule has 3 aromatic rings. The maximum absolute atomic E-state index is 4.44. The minimum absolute atomic E-state index is 0.169. The Labute approximate surface area is 119 Å². The molecule has 0 aliphatic rings. The van der Waals surface area contributed by atoms with Gasteiger partial charge in [-0.3, -0.25) is 0 Å². The summed E-state index contributed by atoms with van der Waals surface area (Å²) in [4.78, 5) is 4.44. The minimum atomic E-state index is 0.169. The van der Waals surface area contributed by atoms with Crippen molar-refractivity contribution in [1.29, 1.82) is 0 Å². The van der Waals surface area contributed by atoms with Gasteiger partial charge in [-0.15, -0.1) is 5.10 Å². The second-order valence-corrected chi connectivity index (χ2v) is 5.28. The molecule has 0 fully saturated rings. The third-order valence-electron chi connectivity index (χ3n) is 2.94. The van der Waals surface area contributed by atoms with Gasteiger partial charge in [-0.2, -0.15) is 4.98 Å². The van der Waals surface area contributed by atoms with E-state index in [1.165, 1.54) is 5.56 Å². The largest absolute Gasteiger partial charge is 0.346 e. The number of pyridine rings is 1. The van der Waals surface area contributed by atoms with Crippen molar-refractivity contribution in [2.45, 2.75) is 13.0 Å². The molecule has 3 rings (SSSR count). The summed E-state index contributed by atoms with van der Waals surface area (Å²) in [5, 5.41) is 7.71. The Morgan fingerprint density at radius 2 is 1.95 bits per heavy atom. The SMILES string of the molecule is CC(Nc1nc2ccc(Br)cn2n1)c1ccccc1. The van der Waals surface area contributed by atoms with Crippen LogP contribution in [0.1, 0.15) is 18.5 Å². The van der Waals surface area contributed by atoms with Gasteiger partial charge in [0, 0.05) is 10.7 Å². The number of nitrogens with zero attached hydrogens (tertiary/aromatic N) is 3. The molecule has 1 unspecified atom stereocenters. The van der Waals surface area contributed by atoms with Gasteiger partial charge in [0.15, 0.2) is 5.65 Å². The van der Waals surface area contributed by atoms with Gasteiger partial charge in [0.05, 0.1) is 6.04 Å². The van der Waals surface area contributed by atoms with E-state index in [0.717, 1.165) is 10.1 Å². The van der Waals surface area contributed by atoms with E-state index in [-0.39, 0.29) is 6.04 Å². The lowest BCUT2D eigenvalue weighted by Crippen LogP contribution is -2.07. The normalized spacial score (nSPS) is 12.5. The van der Waals surface area contributed by atoms with E-state index in [9.17, 15) is 0 Å². The van der Waals surface area contributed by atoms with Crippen molar-refractivity contribution in [3.05, 3.63) is 58.7 Å². The third kappa shape index (κ3) is 2.61. The van der Waals surface area contributed by atoms with E-state index in [2.05, 4.69) is 50.4 Å². The molecule has 1 N–H and O–H groups in total. The Morgan fingerprint density at radius 1 is 1.16 bits per heavy atom. The van der Waals surface area contributed by atoms with E-state index in [0.29, 0.717) is 5.95 Å². The molecule has 0 aliphatic carbocycles. The number of hydrogen-bond acceptors (Lipinski definition) is 3. The zero-order valence-corrected chi connectivity index (χ0v) is 12.0. The average Bonchev–Trinajstić information content (AvgIpc) is 2.81. The van der Waals surface area contributed by atoms with Crippen LogP contribution in [-0.2, 0) is 0 Å². The Kier molecular flexibility index (Phi) is 3.21. The predicted molar refractivity (Wildman–Crippen MR) is 79.2 cm³/mol. The molecule has 0 saturated heterocycles. The molecule has 4 nitrogen and oxygen atoms in total. The van der Waals surface area contributed by atoms with Gasteiger partial charge in [0.1, 0.15) is 0 Å². The number of halogens is 1. The third-order valence-corrected chi connectivity index (χ3v) is 3.41. The van der Waals surface area contributed by atoms with Crippen molar-refractivity contribution in [2.75, 3.05) is 5.32 Å². The van der Waals surface area contributed by atoms with Crippen LogP contribution in [0.25, 0.3) is 5.65 Å². The highest BCUT2D eigenvalue weighted by Gasteiger charge is 2.08.